The molecule has 2 aromatic rings. The minimum Gasteiger partial charge on any atom is -0.486 e. The molecule has 1 unspecified atom stereocenters. The number of hydrogen-bond donors (Lipinski definition) is 0. The summed E-state index contributed by atoms with van der Waals surface area (Å²) < 4.78 is 12.5. The summed E-state index contributed by atoms with van der Waals surface area (Å²) in [5.74, 6) is 2.23. The monoisotopic (exact) mass is 417 g/mol. The van der Waals surface area contributed by atoms with E-state index in [9.17, 15) is 4.79 Å². The molecule has 6 nitrogen and oxygen atoms in total. The van der Waals surface area contributed by atoms with Crippen LogP contribution in [0.1, 0.15) is 49.8 Å². The van der Waals surface area contributed by atoms with E-state index in [4.69, 9.17) is 9.47 Å². The number of thioether (sulfide) groups is 1. The Kier molecular flexibility index (Phi) is 4.71. The van der Waals surface area contributed by atoms with Crippen LogP contribution in [-0.2, 0) is 10.2 Å². The molecule has 1 fully saturated rings. The predicted octanol–water partition coefficient (Wildman–Crippen LogP) is 3.82. The second kappa shape index (κ2) is 7.22. The van der Waals surface area contributed by atoms with Crippen molar-refractivity contribution in [2.75, 3.05) is 25.5 Å². The fourth-order valence-electron chi connectivity index (χ4n) is 4.84. The summed E-state index contributed by atoms with van der Waals surface area (Å²) in [6, 6.07) is 4.34. The molecule has 1 atom stereocenters. The lowest BCUT2D eigenvalue weighted by Crippen LogP contribution is -2.49. The molecule has 0 saturated heterocycles. The van der Waals surface area contributed by atoms with Crippen molar-refractivity contribution in [2.24, 2.45) is 0 Å². The van der Waals surface area contributed by atoms with Crippen LogP contribution in [0.15, 0.2) is 22.0 Å². The zero-order valence-electron chi connectivity index (χ0n) is 15.8. The number of rotatable bonds is 3. The topological polar surface area (TPSA) is 64.6 Å². The molecule has 1 aromatic heterocycles. The molecule has 1 amide bonds. The minimum absolute atomic E-state index is 0.0274. The van der Waals surface area contributed by atoms with E-state index in [1.807, 2.05) is 0 Å². The molecule has 0 N–H and O–H groups in total. The van der Waals surface area contributed by atoms with E-state index in [0.29, 0.717) is 19.0 Å². The fraction of sp³-hybridized carbons (Fsp3) is 0.550. The standard InChI is InChI=1S/C20H23N3O3S2/c1-13-14-8-16-17(26-7-6-25-16)9-15(14)20(4-2-3-5-20)11-23(13)18(24)10-27-19-22-21-12-28-19/h8-9,12-13H,2-7,10-11H2,1H3. The Morgan fingerprint density at radius 1 is 1.29 bits per heavy atom. The first kappa shape index (κ1) is 18.2. The molecule has 1 spiro atoms. The maximum absolute atomic E-state index is 13.1. The Bertz CT molecular complexity index is 881. The van der Waals surface area contributed by atoms with E-state index in [1.54, 1.807) is 5.51 Å². The van der Waals surface area contributed by atoms with Gasteiger partial charge in [0.05, 0.1) is 11.8 Å². The molecule has 0 bridgehead atoms. The number of carbonyl (C=O) groups is 1. The summed E-state index contributed by atoms with van der Waals surface area (Å²) in [4.78, 5) is 15.2. The van der Waals surface area contributed by atoms with Crippen LogP contribution in [0.4, 0.5) is 0 Å². The van der Waals surface area contributed by atoms with Crippen molar-refractivity contribution in [2.45, 2.75) is 48.4 Å². The van der Waals surface area contributed by atoms with Crippen molar-refractivity contribution in [3.8, 4) is 11.5 Å². The Morgan fingerprint density at radius 3 is 2.75 bits per heavy atom. The number of benzene rings is 1. The number of aromatic nitrogens is 2. The zero-order valence-corrected chi connectivity index (χ0v) is 17.5. The smallest absolute Gasteiger partial charge is 0.233 e. The summed E-state index contributed by atoms with van der Waals surface area (Å²) in [7, 11) is 0. The van der Waals surface area contributed by atoms with Crippen LogP contribution >= 0.6 is 23.1 Å². The first-order valence-corrected chi connectivity index (χ1v) is 11.7. The predicted molar refractivity (Wildman–Crippen MR) is 108 cm³/mol. The highest BCUT2D eigenvalue weighted by Gasteiger charge is 2.46. The van der Waals surface area contributed by atoms with Crippen LogP contribution < -0.4 is 9.47 Å². The van der Waals surface area contributed by atoms with Gasteiger partial charge in [-0.1, -0.05) is 35.9 Å². The van der Waals surface area contributed by atoms with Gasteiger partial charge in [0.1, 0.15) is 18.7 Å². The molecule has 5 rings (SSSR count). The van der Waals surface area contributed by atoms with Crippen molar-refractivity contribution < 1.29 is 14.3 Å². The molecule has 3 heterocycles. The van der Waals surface area contributed by atoms with Gasteiger partial charge in [0.15, 0.2) is 15.8 Å². The van der Waals surface area contributed by atoms with E-state index in [-0.39, 0.29) is 17.4 Å². The summed E-state index contributed by atoms with van der Waals surface area (Å²) in [5.41, 5.74) is 4.32. The molecule has 0 radical (unpaired) electrons. The molecule has 28 heavy (non-hydrogen) atoms. The second-order valence-corrected chi connectivity index (χ2v) is 9.82. The number of amides is 1. The van der Waals surface area contributed by atoms with Crippen molar-refractivity contribution in [1.82, 2.24) is 15.1 Å². The maximum atomic E-state index is 13.1. The lowest BCUT2D eigenvalue weighted by atomic mass is 9.71. The van der Waals surface area contributed by atoms with Gasteiger partial charge in [0.2, 0.25) is 5.91 Å². The van der Waals surface area contributed by atoms with Crippen LogP contribution in [-0.4, -0.2) is 46.5 Å². The minimum atomic E-state index is 0.0274. The van der Waals surface area contributed by atoms with Crippen LogP contribution in [0.3, 0.4) is 0 Å². The van der Waals surface area contributed by atoms with E-state index >= 15 is 0 Å². The van der Waals surface area contributed by atoms with Gasteiger partial charge in [-0.25, -0.2) is 0 Å². The summed E-state index contributed by atoms with van der Waals surface area (Å²) in [6.45, 7) is 4.09. The average Bonchev–Trinajstić information content (AvgIpc) is 3.41. The fourth-order valence-corrected chi connectivity index (χ4v) is 6.22. The quantitative estimate of drug-likeness (QED) is 0.708. The third-order valence-electron chi connectivity index (χ3n) is 6.22. The molecular weight excluding hydrogens is 394 g/mol. The van der Waals surface area contributed by atoms with Gasteiger partial charge in [0, 0.05) is 12.0 Å². The highest BCUT2D eigenvalue weighted by atomic mass is 32.2. The third-order valence-corrected chi connectivity index (χ3v) is 8.06. The maximum Gasteiger partial charge on any atom is 0.233 e. The summed E-state index contributed by atoms with van der Waals surface area (Å²) in [5, 5.41) is 7.89. The molecule has 1 aliphatic carbocycles. The number of carbonyl (C=O) groups excluding carboxylic acids is 1. The first-order valence-electron chi connectivity index (χ1n) is 9.79. The lowest BCUT2D eigenvalue weighted by Gasteiger charge is -2.46. The van der Waals surface area contributed by atoms with E-state index in [2.05, 4.69) is 34.2 Å². The van der Waals surface area contributed by atoms with E-state index in [1.165, 1.54) is 47.1 Å². The SMILES string of the molecule is CC1c2cc3c(cc2C2(CCCC2)CN1C(=O)CSc1nncs1)OCCO3. The van der Waals surface area contributed by atoms with Gasteiger partial charge < -0.3 is 14.4 Å². The Balaban J connectivity index is 1.47. The van der Waals surface area contributed by atoms with Gasteiger partial charge in [-0.15, -0.1) is 10.2 Å². The molecule has 148 valence electrons. The lowest BCUT2D eigenvalue weighted by molar-refractivity contribution is -0.132. The molecule has 2 aliphatic heterocycles. The van der Waals surface area contributed by atoms with Crippen molar-refractivity contribution >= 4 is 29.0 Å². The van der Waals surface area contributed by atoms with Crippen molar-refractivity contribution in [1.29, 1.82) is 0 Å². The van der Waals surface area contributed by atoms with Gasteiger partial charge >= 0.3 is 0 Å². The number of fused-ring (bicyclic) bond motifs is 3. The van der Waals surface area contributed by atoms with Gasteiger partial charge in [-0.2, -0.15) is 0 Å². The Morgan fingerprint density at radius 2 is 2.04 bits per heavy atom. The number of hydrogen-bond acceptors (Lipinski definition) is 7. The largest absolute Gasteiger partial charge is 0.486 e. The zero-order chi connectivity index (χ0) is 19.1. The molecule has 1 saturated carbocycles. The van der Waals surface area contributed by atoms with Gasteiger partial charge in [-0.3, -0.25) is 4.79 Å². The Labute approximate surface area is 172 Å². The van der Waals surface area contributed by atoms with Gasteiger partial charge in [-0.05, 0) is 43.0 Å². The summed E-state index contributed by atoms with van der Waals surface area (Å²) in [6.07, 6.45) is 4.67. The molecular formula is C20H23N3O3S2. The second-order valence-electron chi connectivity index (χ2n) is 7.76. The van der Waals surface area contributed by atoms with Crippen molar-refractivity contribution in [3.05, 3.63) is 28.8 Å². The highest BCUT2D eigenvalue weighted by molar-refractivity contribution is 8.01. The van der Waals surface area contributed by atoms with E-state index in [0.717, 1.165) is 35.2 Å². The van der Waals surface area contributed by atoms with Crippen LogP contribution in [0.2, 0.25) is 0 Å². The van der Waals surface area contributed by atoms with Crippen LogP contribution in [0.25, 0.3) is 0 Å². The highest BCUT2D eigenvalue weighted by Crippen LogP contribution is 2.52. The normalized spacial score (nSPS) is 22.3. The van der Waals surface area contributed by atoms with Crippen LogP contribution in [0, 0.1) is 0 Å². The van der Waals surface area contributed by atoms with E-state index < -0.39 is 0 Å². The van der Waals surface area contributed by atoms with Crippen molar-refractivity contribution in [3.63, 3.8) is 0 Å². The molecule has 3 aliphatic rings. The first-order chi connectivity index (χ1) is 13.7. The number of nitrogens with zero attached hydrogens (tertiary/aromatic N) is 3. The molecule has 1 aromatic carbocycles. The molecule has 8 heteroatoms. The third kappa shape index (κ3) is 3.06. The number of ether oxygens (including phenoxy) is 2. The van der Waals surface area contributed by atoms with Crippen LogP contribution in [0.5, 0.6) is 11.5 Å². The summed E-state index contributed by atoms with van der Waals surface area (Å²) >= 11 is 2.95. The Hall–Kier alpha value is -1.80. The average molecular weight is 418 g/mol. The van der Waals surface area contributed by atoms with Gasteiger partial charge in [0.25, 0.3) is 0 Å².